The highest BCUT2D eigenvalue weighted by Crippen LogP contribution is 2.25. The van der Waals surface area contributed by atoms with E-state index >= 15 is 0 Å². The third-order valence-electron chi connectivity index (χ3n) is 3.72. The maximum atomic E-state index is 12.3. The topological polar surface area (TPSA) is 84.5 Å². The summed E-state index contributed by atoms with van der Waals surface area (Å²) in [5.74, 6) is -1.08. The standard InChI is InChI=1S/C18H19F3N2O4S/c1-3-12(2)23-28(25,26)16-9-7-13(8-10-16)17(24)22-14-5-4-6-15(11-14)27-18(19,20)21/h4-12,23H,3H2,1-2H3,(H,22,24). The van der Waals surface area contributed by atoms with Crippen LogP contribution in [0, 0.1) is 0 Å². The zero-order chi connectivity index (χ0) is 20.9. The molecule has 0 saturated heterocycles. The lowest BCUT2D eigenvalue weighted by Crippen LogP contribution is -2.32. The van der Waals surface area contributed by atoms with Gasteiger partial charge in [-0.2, -0.15) is 0 Å². The van der Waals surface area contributed by atoms with Crippen LogP contribution in [0.4, 0.5) is 18.9 Å². The van der Waals surface area contributed by atoms with Crippen LogP contribution in [0.5, 0.6) is 5.75 Å². The summed E-state index contributed by atoms with van der Waals surface area (Å²) in [6.45, 7) is 3.57. The minimum Gasteiger partial charge on any atom is -0.406 e. The second-order valence-electron chi connectivity index (χ2n) is 5.98. The third kappa shape index (κ3) is 6.24. The molecule has 0 aromatic heterocycles. The molecule has 28 heavy (non-hydrogen) atoms. The molecule has 1 atom stereocenters. The number of hydrogen-bond donors (Lipinski definition) is 2. The summed E-state index contributed by atoms with van der Waals surface area (Å²) in [6.07, 6.45) is -4.22. The largest absolute Gasteiger partial charge is 0.573 e. The van der Waals surface area contributed by atoms with Crippen molar-refractivity contribution in [3.05, 3.63) is 54.1 Å². The normalized spacial score (nSPS) is 13.0. The smallest absolute Gasteiger partial charge is 0.406 e. The maximum Gasteiger partial charge on any atom is 0.573 e. The van der Waals surface area contributed by atoms with Crippen molar-refractivity contribution in [1.29, 1.82) is 0 Å². The van der Waals surface area contributed by atoms with Crippen LogP contribution in [0.15, 0.2) is 53.4 Å². The first-order valence-electron chi connectivity index (χ1n) is 8.30. The number of hydrogen-bond acceptors (Lipinski definition) is 4. The average molecular weight is 416 g/mol. The lowest BCUT2D eigenvalue weighted by atomic mass is 10.2. The number of carbonyl (C=O) groups excluding carboxylic acids is 1. The van der Waals surface area contributed by atoms with Gasteiger partial charge in [0.15, 0.2) is 0 Å². The molecule has 0 saturated carbocycles. The van der Waals surface area contributed by atoms with Crippen LogP contribution in [0.25, 0.3) is 0 Å². The molecule has 0 spiro atoms. The quantitative estimate of drug-likeness (QED) is 0.717. The first kappa shape index (κ1) is 21.7. The molecular weight excluding hydrogens is 397 g/mol. The van der Waals surface area contributed by atoms with Crippen LogP contribution in [0.1, 0.15) is 30.6 Å². The number of rotatable bonds is 7. The molecule has 0 aliphatic carbocycles. The number of anilines is 1. The van der Waals surface area contributed by atoms with E-state index < -0.39 is 28.0 Å². The van der Waals surface area contributed by atoms with Crippen molar-refractivity contribution < 1.29 is 31.1 Å². The number of amides is 1. The first-order chi connectivity index (χ1) is 13.0. The van der Waals surface area contributed by atoms with Crippen molar-refractivity contribution >= 4 is 21.6 Å². The Morgan fingerprint density at radius 3 is 2.36 bits per heavy atom. The number of halogens is 3. The number of nitrogens with one attached hydrogen (secondary N) is 2. The molecule has 1 amide bonds. The molecule has 0 aliphatic rings. The molecule has 0 aliphatic heterocycles. The molecule has 1 unspecified atom stereocenters. The van der Waals surface area contributed by atoms with Crippen LogP contribution < -0.4 is 14.8 Å². The second-order valence-corrected chi connectivity index (χ2v) is 7.70. The molecule has 0 heterocycles. The van der Waals surface area contributed by atoms with Crippen LogP contribution in [-0.2, 0) is 10.0 Å². The highest BCUT2D eigenvalue weighted by molar-refractivity contribution is 7.89. The molecule has 2 aromatic rings. The van der Waals surface area contributed by atoms with Crippen LogP contribution in [0.2, 0.25) is 0 Å². The van der Waals surface area contributed by atoms with Gasteiger partial charge in [-0.3, -0.25) is 4.79 Å². The van der Waals surface area contributed by atoms with E-state index in [9.17, 15) is 26.4 Å². The summed E-state index contributed by atoms with van der Waals surface area (Å²) < 4.78 is 67.5. The SMILES string of the molecule is CCC(C)NS(=O)(=O)c1ccc(C(=O)Nc2cccc(OC(F)(F)F)c2)cc1. The maximum absolute atomic E-state index is 12.3. The first-order valence-corrected chi connectivity index (χ1v) is 9.78. The van der Waals surface area contributed by atoms with Crippen molar-refractivity contribution in [3.63, 3.8) is 0 Å². The number of benzene rings is 2. The lowest BCUT2D eigenvalue weighted by Gasteiger charge is -2.13. The fourth-order valence-corrected chi connectivity index (χ4v) is 3.50. The number of sulfonamides is 1. The zero-order valence-corrected chi connectivity index (χ0v) is 15.9. The van der Waals surface area contributed by atoms with E-state index in [1.807, 2.05) is 6.92 Å². The third-order valence-corrected chi connectivity index (χ3v) is 5.33. The Bertz CT molecular complexity index is 929. The summed E-state index contributed by atoms with van der Waals surface area (Å²) >= 11 is 0. The van der Waals surface area contributed by atoms with E-state index in [1.165, 1.54) is 36.4 Å². The van der Waals surface area contributed by atoms with Crippen LogP contribution in [0.3, 0.4) is 0 Å². The lowest BCUT2D eigenvalue weighted by molar-refractivity contribution is -0.274. The van der Waals surface area contributed by atoms with E-state index in [4.69, 9.17) is 0 Å². The van der Waals surface area contributed by atoms with Crippen molar-refractivity contribution in [1.82, 2.24) is 4.72 Å². The Kier molecular flexibility index (Phi) is 6.68. The number of alkyl halides is 3. The van der Waals surface area contributed by atoms with E-state index in [1.54, 1.807) is 6.92 Å². The van der Waals surface area contributed by atoms with Gasteiger partial charge >= 0.3 is 6.36 Å². The molecule has 10 heteroatoms. The average Bonchev–Trinajstić information content (AvgIpc) is 2.60. The second kappa shape index (κ2) is 8.61. The molecule has 6 nitrogen and oxygen atoms in total. The Hall–Kier alpha value is -2.59. The van der Waals surface area contributed by atoms with E-state index in [-0.39, 0.29) is 22.2 Å². The fourth-order valence-electron chi connectivity index (χ4n) is 2.18. The van der Waals surface area contributed by atoms with Gasteiger partial charge in [0.1, 0.15) is 5.75 Å². The van der Waals surface area contributed by atoms with Gasteiger partial charge in [0.2, 0.25) is 10.0 Å². The van der Waals surface area contributed by atoms with Gasteiger partial charge in [0, 0.05) is 23.4 Å². The highest BCUT2D eigenvalue weighted by atomic mass is 32.2. The molecule has 2 aromatic carbocycles. The van der Waals surface area contributed by atoms with E-state index in [0.717, 1.165) is 12.1 Å². The van der Waals surface area contributed by atoms with Gasteiger partial charge < -0.3 is 10.1 Å². The van der Waals surface area contributed by atoms with Crippen LogP contribution >= 0.6 is 0 Å². The van der Waals surface area contributed by atoms with E-state index in [2.05, 4.69) is 14.8 Å². The van der Waals surface area contributed by atoms with Crippen molar-refractivity contribution in [3.8, 4) is 5.75 Å². The minimum absolute atomic E-state index is 0.00456. The Labute approximate surface area is 160 Å². The summed E-state index contributed by atoms with van der Waals surface area (Å²) in [5.41, 5.74) is 0.242. The van der Waals surface area contributed by atoms with Gasteiger partial charge in [-0.05, 0) is 49.7 Å². The van der Waals surface area contributed by atoms with Crippen molar-refractivity contribution in [2.24, 2.45) is 0 Å². The van der Waals surface area contributed by atoms with Gasteiger partial charge in [0.05, 0.1) is 4.90 Å². The molecule has 2 rings (SSSR count). The Morgan fingerprint density at radius 2 is 1.79 bits per heavy atom. The van der Waals surface area contributed by atoms with Crippen LogP contribution in [-0.4, -0.2) is 26.7 Å². The fraction of sp³-hybridized carbons (Fsp3) is 0.278. The molecule has 0 fully saturated rings. The Morgan fingerprint density at radius 1 is 1.14 bits per heavy atom. The predicted molar refractivity (Wildman–Crippen MR) is 97.6 cm³/mol. The van der Waals surface area contributed by atoms with Gasteiger partial charge in [-0.15, -0.1) is 13.2 Å². The summed E-state index contributed by atoms with van der Waals surface area (Å²) in [7, 11) is -3.70. The summed E-state index contributed by atoms with van der Waals surface area (Å²) in [4.78, 5) is 12.3. The van der Waals surface area contributed by atoms with Crippen molar-refractivity contribution in [2.45, 2.75) is 37.6 Å². The van der Waals surface area contributed by atoms with Gasteiger partial charge in [0.25, 0.3) is 5.91 Å². The number of carbonyl (C=O) groups is 1. The minimum atomic E-state index is -4.84. The monoisotopic (exact) mass is 416 g/mol. The Balaban J connectivity index is 2.11. The van der Waals surface area contributed by atoms with E-state index in [0.29, 0.717) is 6.42 Å². The molecule has 2 N–H and O–H groups in total. The molecular formula is C18H19F3N2O4S. The summed E-state index contributed by atoms with van der Waals surface area (Å²) in [5, 5.41) is 2.43. The number of ether oxygens (including phenoxy) is 1. The highest BCUT2D eigenvalue weighted by Gasteiger charge is 2.31. The van der Waals surface area contributed by atoms with Gasteiger partial charge in [-0.1, -0.05) is 13.0 Å². The van der Waals surface area contributed by atoms with Gasteiger partial charge in [-0.25, -0.2) is 13.1 Å². The summed E-state index contributed by atoms with van der Waals surface area (Å²) in [6, 6.07) is 9.79. The molecule has 0 radical (unpaired) electrons. The molecule has 0 bridgehead atoms. The molecule has 152 valence electrons. The zero-order valence-electron chi connectivity index (χ0n) is 15.1. The predicted octanol–water partition coefficient (Wildman–Crippen LogP) is 3.91. The van der Waals surface area contributed by atoms with Crippen molar-refractivity contribution in [2.75, 3.05) is 5.32 Å².